The maximum atomic E-state index is 14.5. The molecule has 7 nitrogen and oxygen atoms in total. The first-order valence-electron chi connectivity index (χ1n) is 10.2. The maximum Gasteiger partial charge on any atom is 0.408 e. The summed E-state index contributed by atoms with van der Waals surface area (Å²) < 4.78 is 35.4. The Hall–Kier alpha value is -2.97. The first-order valence-corrected chi connectivity index (χ1v) is 10.2. The highest BCUT2D eigenvalue weighted by molar-refractivity contribution is 5.92. The molecule has 1 N–H and O–H groups in total. The number of ether oxygens (including phenoxy) is 1. The van der Waals surface area contributed by atoms with E-state index in [-0.39, 0.29) is 18.0 Å². The van der Waals surface area contributed by atoms with Crippen LogP contribution in [0, 0.1) is 11.6 Å². The fourth-order valence-corrected chi connectivity index (χ4v) is 3.74. The van der Waals surface area contributed by atoms with Crippen molar-refractivity contribution >= 4 is 12.0 Å². The third kappa shape index (κ3) is 5.03. The van der Waals surface area contributed by atoms with Gasteiger partial charge in [0.05, 0.1) is 12.2 Å². The summed E-state index contributed by atoms with van der Waals surface area (Å²) in [4.78, 5) is 30.9. The minimum Gasteiger partial charge on any atom is -0.444 e. The zero-order chi connectivity index (χ0) is 22.9. The van der Waals surface area contributed by atoms with Crippen molar-refractivity contribution in [3.8, 4) is 0 Å². The molecule has 0 radical (unpaired) electrons. The molecule has 3 rings (SSSR count). The van der Waals surface area contributed by atoms with Crippen LogP contribution >= 0.6 is 0 Å². The number of alkyl carbamates (subject to hydrolysis) is 1. The van der Waals surface area contributed by atoms with E-state index in [2.05, 4.69) is 10.3 Å². The number of hydrogen-bond acceptors (Lipinski definition) is 4. The van der Waals surface area contributed by atoms with Crippen LogP contribution < -0.4 is 5.32 Å². The summed E-state index contributed by atoms with van der Waals surface area (Å²) in [6.07, 6.45) is 1.72. The number of imidazole rings is 1. The quantitative estimate of drug-likeness (QED) is 0.792. The molecular weight excluding hydrogens is 406 g/mol. The number of nitrogens with zero attached hydrogens (tertiary/aromatic N) is 3. The van der Waals surface area contributed by atoms with Crippen LogP contribution in [0.2, 0.25) is 0 Å². The van der Waals surface area contributed by atoms with Gasteiger partial charge in [-0.25, -0.2) is 18.6 Å². The lowest BCUT2D eigenvalue weighted by atomic mass is 9.93. The van der Waals surface area contributed by atoms with Crippen LogP contribution in [0.25, 0.3) is 0 Å². The standard InChI is InChI=1S/C22H28F2N4O3/c1-22(2,3)31-21(30)26-16-10-9-13(14-7-6-8-15(23)18(14)24)12-28-17(11-25-19(16)28)20(29)27(4)5/h6-8,11,13,16H,9-10,12H2,1-5H3,(H,26,30)/t13-,16-/m1/s1. The van der Waals surface area contributed by atoms with E-state index in [9.17, 15) is 18.4 Å². The Balaban J connectivity index is 1.99. The molecule has 2 heterocycles. The minimum absolute atomic E-state index is 0.233. The van der Waals surface area contributed by atoms with Crippen molar-refractivity contribution in [3.63, 3.8) is 0 Å². The van der Waals surface area contributed by atoms with E-state index >= 15 is 0 Å². The zero-order valence-corrected chi connectivity index (χ0v) is 18.4. The van der Waals surface area contributed by atoms with Crippen LogP contribution in [0.3, 0.4) is 0 Å². The van der Waals surface area contributed by atoms with Gasteiger partial charge in [-0.05, 0) is 45.2 Å². The van der Waals surface area contributed by atoms with Gasteiger partial charge >= 0.3 is 6.09 Å². The van der Waals surface area contributed by atoms with Gasteiger partial charge in [-0.15, -0.1) is 0 Å². The number of fused-ring (bicyclic) bond motifs is 1. The molecule has 0 bridgehead atoms. The molecule has 31 heavy (non-hydrogen) atoms. The van der Waals surface area contributed by atoms with Crippen LogP contribution in [-0.4, -0.2) is 46.1 Å². The number of carbonyl (C=O) groups excluding carboxylic acids is 2. The van der Waals surface area contributed by atoms with Crippen molar-refractivity contribution in [2.75, 3.05) is 14.1 Å². The van der Waals surface area contributed by atoms with Gasteiger partial charge in [0.1, 0.15) is 17.1 Å². The highest BCUT2D eigenvalue weighted by atomic mass is 19.2. The highest BCUT2D eigenvalue weighted by Gasteiger charge is 2.32. The van der Waals surface area contributed by atoms with Crippen molar-refractivity contribution in [1.82, 2.24) is 19.8 Å². The van der Waals surface area contributed by atoms with E-state index in [4.69, 9.17) is 4.74 Å². The molecule has 168 valence electrons. The number of amides is 2. The summed E-state index contributed by atoms with van der Waals surface area (Å²) >= 11 is 0. The molecule has 9 heteroatoms. The van der Waals surface area contributed by atoms with E-state index in [1.54, 1.807) is 45.5 Å². The van der Waals surface area contributed by atoms with Gasteiger partial charge in [-0.2, -0.15) is 0 Å². The second-order valence-corrected chi connectivity index (χ2v) is 8.93. The summed E-state index contributed by atoms with van der Waals surface area (Å²) in [7, 11) is 3.25. The van der Waals surface area contributed by atoms with E-state index in [0.29, 0.717) is 24.4 Å². The third-order valence-corrected chi connectivity index (χ3v) is 5.14. The predicted octanol–water partition coefficient (Wildman–Crippen LogP) is 4.01. The van der Waals surface area contributed by atoms with Gasteiger partial charge in [0, 0.05) is 26.6 Å². The van der Waals surface area contributed by atoms with Gasteiger partial charge in [0.2, 0.25) is 0 Å². The summed E-state index contributed by atoms with van der Waals surface area (Å²) in [5, 5.41) is 2.81. The van der Waals surface area contributed by atoms with Crippen molar-refractivity contribution in [2.24, 2.45) is 0 Å². The number of nitrogens with one attached hydrogen (secondary N) is 1. The molecule has 1 aromatic carbocycles. The molecule has 0 unspecified atom stereocenters. The van der Waals surface area contributed by atoms with E-state index < -0.39 is 35.3 Å². The van der Waals surface area contributed by atoms with Gasteiger partial charge in [0.25, 0.3) is 5.91 Å². The zero-order valence-electron chi connectivity index (χ0n) is 18.4. The highest BCUT2D eigenvalue weighted by Crippen LogP contribution is 2.35. The van der Waals surface area contributed by atoms with Crippen LogP contribution in [0.4, 0.5) is 13.6 Å². The average Bonchev–Trinajstić information content (AvgIpc) is 2.99. The number of aromatic nitrogens is 2. The van der Waals surface area contributed by atoms with E-state index in [0.717, 1.165) is 6.07 Å². The molecule has 2 aromatic rings. The molecule has 0 saturated carbocycles. The first kappa shape index (κ1) is 22.7. The number of carbonyl (C=O) groups is 2. The Bertz CT molecular complexity index is 982. The molecular formula is C22H28F2N4O3. The predicted molar refractivity (Wildman–Crippen MR) is 111 cm³/mol. The summed E-state index contributed by atoms with van der Waals surface area (Å²) in [5.41, 5.74) is -0.121. The monoisotopic (exact) mass is 434 g/mol. The number of hydrogen-bond donors (Lipinski definition) is 1. The second-order valence-electron chi connectivity index (χ2n) is 8.93. The molecule has 0 aliphatic carbocycles. The fraction of sp³-hybridized carbons (Fsp3) is 0.500. The largest absolute Gasteiger partial charge is 0.444 e. The van der Waals surface area contributed by atoms with E-state index in [1.807, 2.05) is 0 Å². The Morgan fingerprint density at radius 1 is 1.23 bits per heavy atom. The van der Waals surface area contributed by atoms with Gasteiger partial charge in [-0.1, -0.05) is 12.1 Å². The minimum atomic E-state index is -0.916. The van der Waals surface area contributed by atoms with Crippen molar-refractivity contribution in [2.45, 2.75) is 57.7 Å². The third-order valence-electron chi connectivity index (χ3n) is 5.14. The molecule has 1 aromatic heterocycles. The van der Waals surface area contributed by atoms with E-state index in [1.165, 1.54) is 17.2 Å². The summed E-state index contributed by atoms with van der Waals surface area (Å²) in [6.45, 7) is 5.52. The van der Waals surface area contributed by atoms with Crippen LogP contribution in [0.15, 0.2) is 24.4 Å². The fourth-order valence-electron chi connectivity index (χ4n) is 3.74. The van der Waals surface area contributed by atoms with Crippen LogP contribution in [0.5, 0.6) is 0 Å². The van der Waals surface area contributed by atoms with Crippen molar-refractivity contribution in [1.29, 1.82) is 0 Å². The lowest BCUT2D eigenvalue weighted by Gasteiger charge is -2.23. The molecule has 1 aliphatic heterocycles. The topological polar surface area (TPSA) is 76.5 Å². The average molecular weight is 434 g/mol. The Morgan fingerprint density at radius 3 is 2.58 bits per heavy atom. The number of rotatable bonds is 3. The normalized spacial score (nSPS) is 18.7. The maximum absolute atomic E-state index is 14.5. The Labute approximate surface area is 180 Å². The van der Waals surface area contributed by atoms with Gasteiger partial charge in [-0.3, -0.25) is 4.79 Å². The number of halogens is 2. The molecule has 2 amide bonds. The summed E-state index contributed by atoms with van der Waals surface area (Å²) in [5.74, 6) is -2.00. The Kier molecular flexibility index (Phi) is 6.33. The number of benzene rings is 1. The molecule has 2 atom stereocenters. The molecule has 0 spiro atoms. The second kappa shape index (κ2) is 8.64. The summed E-state index contributed by atoms with van der Waals surface area (Å²) in [6, 6.07) is 3.55. The lowest BCUT2D eigenvalue weighted by molar-refractivity contribution is 0.0498. The molecule has 1 aliphatic rings. The first-order chi connectivity index (χ1) is 14.5. The van der Waals surface area contributed by atoms with Crippen LogP contribution in [0.1, 0.15) is 67.4 Å². The SMILES string of the molecule is CN(C)C(=O)c1cnc2n1C[C@H](c1cccc(F)c1F)CC[C@H]2NC(=O)OC(C)(C)C. The molecule has 0 fully saturated rings. The Morgan fingerprint density at radius 2 is 1.94 bits per heavy atom. The van der Waals surface area contributed by atoms with Crippen molar-refractivity contribution in [3.05, 3.63) is 53.1 Å². The lowest BCUT2D eigenvalue weighted by Crippen LogP contribution is -2.35. The van der Waals surface area contributed by atoms with Gasteiger partial charge < -0.3 is 19.5 Å². The van der Waals surface area contributed by atoms with Crippen molar-refractivity contribution < 1.29 is 23.1 Å². The molecule has 0 saturated heterocycles. The van der Waals surface area contributed by atoms with Gasteiger partial charge in [0.15, 0.2) is 11.6 Å². The van der Waals surface area contributed by atoms with Crippen LogP contribution in [-0.2, 0) is 11.3 Å². The smallest absolute Gasteiger partial charge is 0.408 e.